The number of aromatic nitrogens is 2. The van der Waals surface area contributed by atoms with Gasteiger partial charge in [0.15, 0.2) is 5.82 Å². The van der Waals surface area contributed by atoms with Gasteiger partial charge in [0.05, 0.1) is 5.69 Å². The Hall–Kier alpha value is -1.91. The van der Waals surface area contributed by atoms with E-state index >= 15 is 0 Å². The zero-order valence-electron chi connectivity index (χ0n) is 10.8. The van der Waals surface area contributed by atoms with Crippen LogP contribution in [0.4, 0.5) is 5.82 Å². The summed E-state index contributed by atoms with van der Waals surface area (Å²) in [5.74, 6) is 0.821. The van der Waals surface area contributed by atoms with E-state index < -0.39 is 0 Å². The highest BCUT2D eigenvalue weighted by atomic mass is 35.5. The molecule has 0 aliphatic heterocycles. The highest BCUT2D eigenvalue weighted by molar-refractivity contribution is 7.08. The average Bonchev–Trinajstić information content (AvgIpc) is 3.07. The van der Waals surface area contributed by atoms with Gasteiger partial charge < -0.3 is 0 Å². The van der Waals surface area contributed by atoms with Crippen LogP contribution in [-0.4, -0.2) is 16.0 Å². The fourth-order valence-corrected chi connectivity index (χ4v) is 2.57. The van der Waals surface area contributed by atoms with Gasteiger partial charge in [-0.05, 0) is 29.0 Å². The van der Waals surface area contributed by atoms with Gasteiger partial charge in [0.1, 0.15) is 0 Å². The molecule has 0 spiro atoms. The Labute approximate surface area is 126 Å². The van der Waals surface area contributed by atoms with Gasteiger partial charge in [-0.2, -0.15) is 16.4 Å². The molecule has 0 unspecified atom stereocenters. The molecule has 3 nitrogen and oxygen atoms in total. The van der Waals surface area contributed by atoms with E-state index in [1.807, 2.05) is 55.0 Å². The number of aryl methyl sites for hydroxylation is 1. The first-order valence-electron chi connectivity index (χ1n) is 6.08. The van der Waals surface area contributed by atoms with Gasteiger partial charge >= 0.3 is 0 Å². The standard InChI is InChI=1S/C15H12ClN3S/c1-19-15(17-9-11-6-7-20-10-11)8-14(18-19)12-2-4-13(16)5-3-12/h2-10H,1H3/b17-9+. The fraction of sp³-hybridized carbons (Fsp3) is 0.0667. The molecule has 0 saturated heterocycles. The Morgan fingerprint density at radius 2 is 2.05 bits per heavy atom. The summed E-state index contributed by atoms with van der Waals surface area (Å²) >= 11 is 7.55. The lowest BCUT2D eigenvalue weighted by atomic mass is 10.1. The van der Waals surface area contributed by atoms with E-state index in [9.17, 15) is 0 Å². The lowest BCUT2D eigenvalue weighted by molar-refractivity contribution is 0.774. The van der Waals surface area contributed by atoms with Crippen molar-refractivity contribution >= 4 is 35.0 Å². The second-order valence-electron chi connectivity index (χ2n) is 4.33. The summed E-state index contributed by atoms with van der Waals surface area (Å²) in [6, 6.07) is 11.6. The molecular weight excluding hydrogens is 290 g/mol. The minimum Gasteiger partial charge on any atom is -0.250 e. The Bertz CT molecular complexity index is 727. The first-order chi connectivity index (χ1) is 9.72. The predicted octanol–water partition coefficient (Wildman–Crippen LogP) is 4.55. The summed E-state index contributed by atoms with van der Waals surface area (Å²) in [5.41, 5.74) is 3.02. The van der Waals surface area contributed by atoms with E-state index in [0.29, 0.717) is 0 Å². The molecule has 0 bridgehead atoms. The summed E-state index contributed by atoms with van der Waals surface area (Å²) in [4.78, 5) is 4.47. The van der Waals surface area contributed by atoms with Crippen LogP contribution in [0.15, 0.2) is 52.2 Å². The average molecular weight is 302 g/mol. The van der Waals surface area contributed by atoms with Crippen LogP contribution in [0, 0.1) is 0 Å². The lowest BCUT2D eigenvalue weighted by Gasteiger charge is -1.95. The predicted molar refractivity (Wildman–Crippen MR) is 85.2 cm³/mol. The zero-order valence-corrected chi connectivity index (χ0v) is 12.4. The molecule has 3 aromatic rings. The minimum absolute atomic E-state index is 0.723. The van der Waals surface area contributed by atoms with Gasteiger partial charge in [-0.1, -0.05) is 23.7 Å². The molecule has 0 fully saturated rings. The van der Waals surface area contributed by atoms with Crippen LogP contribution in [0.5, 0.6) is 0 Å². The van der Waals surface area contributed by atoms with Crippen LogP contribution in [-0.2, 0) is 7.05 Å². The third-order valence-electron chi connectivity index (χ3n) is 2.88. The van der Waals surface area contributed by atoms with E-state index in [0.717, 1.165) is 27.7 Å². The van der Waals surface area contributed by atoms with Gasteiger partial charge in [0.25, 0.3) is 0 Å². The molecule has 2 aromatic heterocycles. The largest absolute Gasteiger partial charge is 0.250 e. The molecule has 0 aliphatic rings. The molecule has 2 heterocycles. The first-order valence-corrected chi connectivity index (χ1v) is 7.41. The number of nitrogens with zero attached hydrogens (tertiary/aromatic N) is 3. The lowest BCUT2D eigenvalue weighted by Crippen LogP contribution is -1.90. The maximum Gasteiger partial charge on any atom is 0.150 e. The third kappa shape index (κ3) is 2.81. The van der Waals surface area contributed by atoms with Crippen LogP contribution in [0.1, 0.15) is 5.56 Å². The molecule has 1 aromatic carbocycles. The first kappa shape index (κ1) is 13.1. The monoisotopic (exact) mass is 301 g/mol. The van der Waals surface area contributed by atoms with Crippen molar-refractivity contribution in [2.45, 2.75) is 0 Å². The zero-order chi connectivity index (χ0) is 13.9. The number of hydrogen-bond acceptors (Lipinski definition) is 3. The van der Waals surface area contributed by atoms with Crippen molar-refractivity contribution in [3.8, 4) is 11.3 Å². The third-order valence-corrected chi connectivity index (χ3v) is 3.84. The number of halogens is 1. The molecule has 20 heavy (non-hydrogen) atoms. The van der Waals surface area contributed by atoms with Crippen LogP contribution in [0.2, 0.25) is 5.02 Å². The van der Waals surface area contributed by atoms with E-state index in [1.54, 1.807) is 16.0 Å². The molecule has 3 rings (SSSR count). The summed E-state index contributed by atoms with van der Waals surface area (Å²) in [5, 5.41) is 9.28. The van der Waals surface area contributed by atoms with Crippen molar-refractivity contribution in [3.63, 3.8) is 0 Å². The second kappa shape index (κ2) is 5.61. The summed E-state index contributed by atoms with van der Waals surface area (Å²) in [6.07, 6.45) is 1.85. The smallest absolute Gasteiger partial charge is 0.150 e. The van der Waals surface area contributed by atoms with Crippen molar-refractivity contribution in [2.75, 3.05) is 0 Å². The minimum atomic E-state index is 0.723. The summed E-state index contributed by atoms with van der Waals surface area (Å²) < 4.78 is 1.77. The molecule has 0 N–H and O–H groups in total. The van der Waals surface area contributed by atoms with Gasteiger partial charge in [0, 0.05) is 35.5 Å². The van der Waals surface area contributed by atoms with E-state index in [4.69, 9.17) is 11.6 Å². The summed E-state index contributed by atoms with van der Waals surface area (Å²) in [7, 11) is 1.89. The number of rotatable bonds is 3. The van der Waals surface area contributed by atoms with Crippen LogP contribution in [0.25, 0.3) is 11.3 Å². The summed E-state index contributed by atoms with van der Waals surface area (Å²) in [6.45, 7) is 0. The Kier molecular flexibility index (Phi) is 3.67. The Morgan fingerprint density at radius 3 is 2.75 bits per heavy atom. The maximum atomic E-state index is 5.89. The quantitative estimate of drug-likeness (QED) is 0.653. The van der Waals surface area contributed by atoms with E-state index in [-0.39, 0.29) is 0 Å². The van der Waals surface area contributed by atoms with Crippen molar-refractivity contribution in [1.82, 2.24) is 9.78 Å². The Balaban J connectivity index is 1.89. The van der Waals surface area contributed by atoms with Gasteiger partial charge in [-0.3, -0.25) is 4.68 Å². The Morgan fingerprint density at radius 1 is 1.25 bits per heavy atom. The van der Waals surface area contributed by atoms with Crippen LogP contribution in [0.3, 0.4) is 0 Å². The second-order valence-corrected chi connectivity index (χ2v) is 5.55. The topological polar surface area (TPSA) is 30.2 Å². The molecule has 5 heteroatoms. The van der Waals surface area contributed by atoms with E-state index in [2.05, 4.69) is 15.5 Å². The molecule has 100 valence electrons. The number of thiophene rings is 1. The molecule has 0 amide bonds. The number of aliphatic imine (C=N–C) groups is 1. The SMILES string of the molecule is Cn1nc(-c2ccc(Cl)cc2)cc1/N=C/c1ccsc1. The number of hydrogen-bond donors (Lipinski definition) is 0. The van der Waals surface area contributed by atoms with Gasteiger partial charge in [-0.15, -0.1) is 0 Å². The van der Waals surface area contributed by atoms with Crippen molar-refractivity contribution in [2.24, 2.45) is 12.0 Å². The van der Waals surface area contributed by atoms with Gasteiger partial charge in [-0.25, -0.2) is 4.99 Å². The van der Waals surface area contributed by atoms with Gasteiger partial charge in [0.2, 0.25) is 0 Å². The number of benzene rings is 1. The highest BCUT2D eigenvalue weighted by Gasteiger charge is 2.06. The molecule has 0 radical (unpaired) electrons. The van der Waals surface area contributed by atoms with Crippen LogP contribution >= 0.6 is 22.9 Å². The maximum absolute atomic E-state index is 5.89. The normalized spacial score (nSPS) is 11.3. The molecule has 0 aliphatic carbocycles. The van der Waals surface area contributed by atoms with Crippen molar-refractivity contribution in [1.29, 1.82) is 0 Å². The fourth-order valence-electron chi connectivity index (χ4n) is 1.83. The van der Waals surface area contributed by atoms with Crippen molar-refractivity contribution < 1.29 is 0 Å². The van der Waals surface area contributed by atoms with E-state index in [1.165, 1.54) is 0 Å². The van der Waals surface area contributed by atoms with Crippen molar-refractivity contribution in [3.05, 3.63) is 57.7 Å². The molecule has 0 saturated carbocycles. The molecular formula is C15H12ClN3S. The highest BCUT2D eigenvalue weighted by Crippen LogP contribution is 2.24. The molecule has 0 atom stereocenters. The van der Waals surface area contributed by atoms with Crippen LogP contribution < -0.4 is 0 Å².